The Morgan fingerprint density at radius 2 is 1.59 bits per heavy atom. The minimum absolute atomic E-state index is 0.0583. The summed E-state index contributed by atoms with van der Waals surface area (Å²) in [5.41, 5.74) is 6.62. The Balaban J connectivity index is 2.13. The molecule has 0 saturated carbocycles. The van der Waals surface area contributed by atoms with Gasteiger partial charge in [0.1, 0.15) is 0 Å². The minimum atomic E-state index is -0.0583. The summed E-state index contributed by atoms with van der Waals surface area (Å²) >= 11 is 0. The van der Waals surface area contributed by atoms with Gasteiger partial charge in [-0.3, -0.25) is 0 Å². The van der Waals surface area contributed by atoms with Crippen molar-refractivity contribution in [2.45, 2.75) is 12.5 Å². The van der Waals surface area contributed by atoms with Gasteiger partial charge in [0.05, 0.1) is 5.54 Å². The van der Waals surface area contributed by atoms with Crippen LogP contribution in [0.4, 0.5) is 0 Å². The van der Waals surface area contributed by atoms with Crippen molar-refractivity contribution < 1.29 is 0 Å². The zero-order valence-corrected chi connectivity index (χ0v) is 9.70. The Morgan fingerprint density at radius 3 is 2.47 bits per heavy atom. The molecule has 4 rings (SSSR count). The second-order valence-corrected chi connectivity index (χ2v) is 4.94. The van der Waals surface area contributed by atoms with E-state index in [0.29, 0.717) is 0 Å². The van der Waals surface area contributed by atoms with Crippen LogP contribution < -0.4 is 5.32 Å². The number of rotatable bonds is 0. The molecule has 1 atom stereocenters. The SMILES string of the molecule is C[C@]12NC(=Cc3ccccc31)c1ccccc12. The van der Waals surface area contributed by atoms with E-state index in [2.05, 4.69) is 66.8 Å². The van der Waals surface area contributed by atoms with Gasteiger partial charge in [-0.25, -0.2) is 0 Å². The maximum atomic E-state index is 3.65. The van der Waals surface area contributed by atoms with Gasteiger partial charge in [-0.1, -0.05) is 48.5 Å². The fraction of sp³-hybridized carbons (Fsp3) is 0.125. The molecule has 2 bridgehead atoms. The lowest BCUT2D eigenvalue weighted by molar-refractivity contribution is 0.538. The average molecular weight is 219 g/mol. The second-order valence-electron chi connectivity index (χ2n) is 4.94. The van der Waals surface area contributed by atoms with Gasteiger partial charge in [0.2, 0.25) is 0 Å². The third-order valence-electron chi connectivity index (χ3n) is 3.94. The van der Waals surface area contributed by atoms with Crippen LogP contribution in [0.2, 0.25) is 0 Å². The quantitative estimate of drug-likeness (QED) is 0.716. The molecular weight excluding hydrogens is 206 g/mol. The number of benzene rings is 2. The molecule has 0 fully saturated rings. The predicted octanol–water partition coefficient (Wildman–Crippen LogP) is 3.36. The highest BCUT2D eigenvalue weighted by Crippen LogP contribution is 2.46. The van der Waals surface area contributed by atoms with Crippen LogP contribution in [0, 0.1) is 0 Å². The van der Waals surface area contributed by atoms with Crippen molar-refractivity contribution >= 4 is 11.8 Å². The highest BCUT2D eigenvalue weighted by atomic mass is 15.0. The lowest BCUT2D eigenvalue weighted by Crippen LogP contribution is -2.36. The van der Waals surface area contributed by atoms with Gasteiger partial charge in [0.15, 0.2) is 0 Å². The lowest BCUT2D eigenvalue weighted by Gasteiger charge is -2.31. The molecule has 0 aromatic heterocycles. The van der Waals surface area contributed by atoms with Crippen molar-refractivity contribution in [1.29, 1.82) is 0 Å². The molecule has 2 aliphatic heterocycles. The third kappa shape index (κ3) is 0.992. The van der Waals surface area contributed by atoms with Gasteiger partial charge < -0.3 is 5.32 Å². The fourth-order valence-electron chi connectivity index (χ4n) is 3.12. The minimum Gasteiger partial charge on any atom is -0.371 e. The summed E-state index contributed by atoms with van der Waals surface area (Å²) in [6, 6.07) is 17.3. The maximum absolute atomic E-state index is 3.65. The summed E-state index contributed by atoms with van der Waals surface area (Å²) in [4.78, 5) is 0. The van der Waals surface area contributed by atoms with Crippen molar-refractivity contribution in [3.63, 3.8) is 0 Å². The van der Waals surface area contributed by atoms with Crippen molar-refractivity contribution in [3.8, 4) is 0 Å². The zero-order valence-electron chi connectivity index (χ0n) is 9.70. The topological polar surface area (TPSA) is 12.0 Å². The van der Waals surface area contributed by atoms with Crippen LogP contribution in [0.15, 0.2) is 48.5 Å². The first kappa shape index (κ1) is 9.06. The maximum Gasteiger partial charge on any atom is 0.0863 e. The van der Waals surface area contributed by atoms with Crippen LogP contribution in [-0.4, -0.2) is 0 Å². The van der Waals surface area contributed by atoms with Gasteiger partial charge in [-0.05, 0) is 29.7 Å². The first-order valence-corrected chi connectivity index (χ1v) is 5.98. The number of fused-ring (bicyclic) bond motifs is 7. The third-order valence-corrected chi connectivity index (χ3v) is 3.94. The molecule has 0 saturated heterocycles. The zero-order chi connectivity index (χ0) is 11.5. The van der Waals surface area contributed by atoms with Crippen LogP contribution in [0.25, 0.3) is 11.8 Å². The van der Waals surface area contributed by atoms with Gasteiger partial charge in [-0.2, -0.15) is 0 Å². The molecule has 0 unspecified atom stereocenters. The van der Waals surface area contributed by atoms with E-state index in [4.69, 9.17) is 0 Å². The van der Waals surface area contributed by atoms with Crippen molar-refractivity contribution in [3.05, 3.63) is 70.8 Å². The van der Waals surface area contributed by atoms with Crippen LogP contribution in [-0.2, 0) is 5.54 Å². The van der Waals surface area contributed by atoms with Crippen LogP contribution >= 0.6 is 0 Å². The Kier molecular flexibility index (Phi) is 1.49. The van der Waals surface area contributed by atoms with E-state index in [1.165, 1.54) is 28.0 Å². The van der Waals surface area contributed by atoms with Crippen molar-refractivity contribution in [2.75, 3.05) is 0 Å². The van der Waals surface area contributed by atoms with E-state index in [-0.39, 0.29) is 5.54 Å². The average Bonchev–Trinajstić information content (AvgIpc) is 2.61. The molecule has 1 nitrogen and oxygen atoms in total. The van der Waals surface area contributed by atoms with Gasteiger partial charge in [0, 0.05) is 11.3 Å². The van der Waals surface area contributed by atoms with E-state index in [1.807, 2.05) is 0 Å². The molecule has 1 N–H and O–H groups in total. The normalized spacial score (nSPS) is 23.5. The predicted molar refractivity (Wildman–Crippen MR) is 70.3 cm³/mol. The smallest absolute Gasteiger partial charge is 0.0863 e. The summed E-state index contributed by atoms with van der Waals surface area (Å²) in [5, 5.41) is 3.65. The first-order valence-electron chi connectivity index (χ1n) is 5.98. The first-order chi connectivity index (χ1) is 8.29. The molecule has 0 spiro atoms. The van der Waals surface area contributed by atoms with Gasteiger partial charge in [0.25, 0.3) is 0 Å². The molecule has 0 aliphatic carbocycles. The van der Waals surface area contributed by atoms with E-state index < -0.39 is 0 Å². The summed E-state index contributed by atoms with van der Waals surface area (Å²) in [6.45, 7) is 2.27. The molecule has 2 heterocycles. The van der Waals surface area contributed by atoms with Crippen molar-refractivity contribution in [1.82, 2.24) is 5.32 Å². The molecule has 2 aromatic rings. The fourth-order valence-corrected chi connectivity index (χ4v) is 3.12. The molecule has 17 heavy (non-hydrogen) atoms. The Labute approximate surface area is 101 Å². The summed E-state index contributed by atoms with van der Waals surface area (Å²) in [5.74, 6) is 0. The summed E-state index contributed by atoms with van der Waals surface area (Å²) < 4.78 is 0. The largest absolute Gasteiger partial charge is 0.371 e. The number of nitrogens with one attached hydrogen (secondary N) is 1. The Bertz CT molecular complexity index is 641. The number of hydrogen-bond acceptors (Lipinski definition) is 1. The lowest BCUT2D eigenvalue weighted by atomic mass is 9.83. The molecule has 2 aliphatic rings. The molecule has 1 heteroatoms. The molecular formula is C16H13N. The molecule has 0 radical (unpaired) electrons. The molecule has 82 valence electrons. The monoisotopic (exact) mass is 219 g/mol. The van der Waals surface area contributed by atoms with Crippen molar-refractivity contribution in [2.24, 2.45) is 0 Å². The Hall–Kier alpha value is -2.02. The second kappa shape index (κ2) is 2.80. The summed E-state index contributed by atoms with van der Waals surface area (Å²) in [7, 11) is 0. The standard InChI is InChI=1S/C16H13N/c1-16-13-8-4-2-6-11(13)10-15(17-16)12-7-3-5-9-14(12)16/h2-10,17H,1H3/t16-/m0/s1. The van der Waals surface area contributed by atoms with E-state index in [9.17, 15) is 0 Å². The van der Waals surface area contributed by atoms with Crippen LogP contribution in [0.5, 0.6) is 0 Å². The number of hydrogen-bond donors (Lipinski definition) is 1. The van der Waals surface area contributed by atoms with E-state index in [1.54, 1.807) is 0 Å². The highest BCUT2D eigenvalue weighted by molar-refractivity contribution is 5.90. The van der Waals surface area contributed by atoms with Gasteiger partial charge >= 0.3 is 0 Å². The van der Waals surface area contributed by atoms with E-state index >= 15 is 0 Å². The van der Waals surface area contributed by atoms with Crippen LogP contribution in [0.1, 0.15) is 29.2 Å². The summed E-state index contributed by atoms with van der Waals surface area (Å²) in [6.07, 6.45) is 2.25. The van der Waals surface area contributed by atoms with Gasteiger partial charge in [-0.15, -0.1) is 0 Å². The molecule has 2 aromatic carbocycles. The highest BCUT2D eigenvalue weighted by Gasteiger charge is 2.41. The van der Waals surface area contributed by atoms with Crippen LogP contribution in [0.3, 0.4) is 0 Å². The van der Waals surface area contributed by atoms with E-state index in [0.717, 1.165) is 0 Å². The molecule has 0 amide bonds. The Morgan fingerprint density at radius 1 is 0.882 bits per heavy atom.